The summed E-state index contributed by atoms with van der Waals surface area (Å²) in [4.78, 5) is 15.1. The molecule has 0 unspecified atom stereocenters. The molecule has 1 aliphatic heterocycles. The third-order valence-corrected chi connectivity index (χ3v) is 3.92. The van der Waals surface area contributed by atoms with E-state index < -0.39 is 0 Å². The fourth-order valence-electron chi connectivity index (χ4n) is 2.64. The monoisotopic (exact) mass is 287 g/mol. The second kappa shape index (κ2) is 6.67. The largest absolute Gasteiger partial charge is 0.460 e. The Morgan fingerprint density at radius 3 is 2.57 bits per heavy atom. The van der Waals surface area contributed by atoms with Crippen LogP contribution in [-0.4, -0.2) is 50.2 Å². The smallest absolute Gasteiger partial charge is 0.316 e. The van der Waals surface area contributed by atoms with Crippen LogP contribution in [0.4, 0.5) is 0 Å². The first-order chi connectivity index (χ1) is 10.3. The summed E-state index contributed by atoms with van der Waals surface area (Å²) in [6.07, 6.45) is 10.6. The van der Waals surface area contributed by atoms with E-state index >= 15 is 0 Å². The lowest BCUT2D eigenvalue weighted by Gasteiger charge is -2.31. The molecule has 6 nitrogen and oxygen atoms in total. The van der Waals surface area contributed by atoms with Crippen molar-refractivity contribution >= 4 is 0 Å². The lowest BCUT2D eigenvalue weighted by Crippen LogP contribution is -2.39. The van der Waals surface area contributed by atoms with Crippen molar-refractivity contribution in [1.82, 2.24) is 24.4 Å². The Balaban J connectivity index is 1.42. The predicted octanol–water partition coefficient (Wildman–Crippen LogP) is 1.30. The van der Waals surface area contributed by atoms with E-state index in [9.17, 15) is 0 Å². The van der Waals surface area contributed by atoms with Gasteiger partial charge in [0.1, 0.15) is 11.9 Å². The summed E-state index contributed by atoms with van der Waals surface area (Å²) in [7, 11) is 2.04. The van der Waals surface area contributed by atoms with Gasteiger partial charge in [-0.2, -0.15) is 0 Å². The zero-order valence-corrected chi connectivity index (χ0v) is 12.4. The molecule has 6 heteroatoms. The minimum atomic E-state index is 0.233. The quantitative estimate of drug-likeness (QED) is 0.829. The summed E-state index contributed by atoms with van der Waals surface area (Å²) >= 11 is 0. The molecule has 0 bridgehead atoms. The standard InChI is InChI=1S/C15H21N5O/c1-19-12-8-16-14(19)5-11-20-9-3-13(4-10-20)21-15-17-6-2-7-18-15/h2,6-8,12-13H,3-5,9-11H2,1H3. The van der Waals surface area contributed by atoms with Crippen molar-refractivity contribution in [1.29, 1.82) is 0 Å². The summed E-state index contributed by atoms with van der Waals surface area (Å²) < 4.78 is 7.89. The van der Waals surface area contributed by atoms with Crippen molar-refractivity contribution in [3.63, 3.8) is 0 Å². The number of rotatable bonds is 5. The molecule has 0 saturated carbocycles. The molecule has 0 aliphatic carbocycles. The van der Waals surface area contributed by atoms with Crippen molar-refractivity contribution in [2.24, 2.45) is 7.05 Å². The number of nitrogens with zero attached hydrogens (tertiary/aromatic N) is 5. The van der Waals surface area contributed by atoms with E-state index in [1.807, 2.05) is 19.4 Å². The average Bonchev–Trinajstić information content (AvgIpc) is 2.93. The van der Waals surface area contributed by atoms with Crippen LogP contribution in [0, 0.1) is 0 Å². The van der Waals surface area contributed by atoms with Crippen molar-refractivity contribution in [3.05, 3.63) is 36.7 Å². The third kappa shape index (κ3) is 3.78. The molecule has 0 atom stereocenters. The summed E-state index contributed by atoms with van der Waals surface area (Å²) in [5, 5.41) is 0. The number of likely N-dealkylation sites (tertiary alicyclic amines) is 1. The molecule has 0 N–H and O–H groups in total. The highest BCUT2D eigenvalue weighted by atomic mass is 16.5. The number of piperidine rings is 1. The average molecular weight is 287 g/mol. The highest BCUT2D eigenvalue weighted by Gasteiger charge is 2.21. The van der Waals surface area contributed by atoms with Crippen LogP contribution in [0.15, 0.2) is 30.9 Å². The first-order valence-electron chi connectivity index (χ1n) is 7.43. The molecule has 1 saturated heterocycles. The maximum Gasteiger partial charge on any atom is 0.316 e. The molecule has 1 fully saturated rings. The van der Waals surface area contributed by atoms with E-state index in [2.05, 4.69) is 24.4 Å². The zero-order valence-electron chi connectivity index (χ0n) is 12.4. The Morgan fingerprint density at radius 1 is 1.14 bits per heavy atom. The maximum absolute atomic E-state index is 5.81. The Labute approximate surface area is 124 Å². The summed E-state index contributed by atoms with van der Waals surface area (Å²) in [5.41, 5.74) is 0. The fourth-order valence-corrected chi connectivity index (χ4v) is 2.64. The van der Waals surface area contributed by atoms with Gasteiger partial charge in [-0.05, 0) is 18.9 Å². The normalized spacial score (nSPS) is 17.0. The molecule has 1 aliphatic rings. The van der Waals surface area contributed by atoms with Gasteiger partial charge in [-0.1, -0.05) is 0 Å². The molecule has 3 heterocycles. The molecule has 2 aromatic heterocycles. The SMILES string of the molecule is Cn1ccnc1CCN1CCC(Oc2ncccn2)CC1. The van der Waals surface area contributed by atoms with Gasteiger partial charge in [0, 0.05) is 57.9 Å². The van der Waals surface area contributed by atoms with Gasteiger partial charge in [0.15, 0.2) is 0 Å². The maximum atomic E-state index is 5.81. The van der Waals surface area contributed by atoms with Crippen LogP contribution in [-0.2, 0) is 13.5 Å². The van der Waals surface area contributed by atoms with Gasteiger partial charge < -0.3 is 14.2 Å². The Hall–Kier alpha value is -1.95. The Kier molecular flexibility index (Phi) is 4.45. The van der Waals surface area contributed by atoms with E-state index in [0.29, 0.717) is 6.01 Å². The van der Waals surface area contributed by atoms with Gasteiger partial charge in [-0.15, -0.1) is 0 Å². The number of aromatic nitrogens is 4. The lowest BCUT2D eigenvalue weighted by atomic mass is 10.1. The predicted molar refractivity (Wildman–Crippen MR) is 79.0 cm³/mol. The topological polar surface area (TPSA) is 56.1 Å². The van der Waals surface area contributed by atoms with Gasteiger partial charge in [0.2, 0.25) is 0 Å². The van der Waals surface area contributed by atoms with Crippen LogP contribution >= 0.6 is 0 Å². The molecule has 2 aromatic rings. The second-order valence-electron chi connectivity index (χ2n) is 5.39. The van der Waals surface area contributed by atoms with Gasteiger partial charge in [-0.3, -0.25) is 0 Å². The molecule has 112 valence electrons. The van der Waals surface area contributed by atoms with Crippen LogP contribution in [0.25, 0.3) is 0 Å². The van der Waals surface area contributed by atoms with E-state index in [1.54, 1.807) is 18.5 Å². The first-order valence-corrected chi connectivity index (χ1v) is 7.43. The molecule has 3 rings (SSSR count). The van der Waals surface area contributed by atoms with Crippen LogP contribution in [0.1, 0.15) is 18.7 Å². The van der Waals surface area contributed by atoms with E-state index in [-0.39, 0.29) is 6.10 Å². The number of hydrogen-bond donors (Lipinski definition) is 0. The van der Waals surface area contributed by atoms with Crippen molar-refractivity contribution < 1.29 is 4.74 Å². The molecule has 0 spiro atoms. The molecule has 21 heavy (non-hydrogen) atoms. The van der Waals surface area contributed by atoms with Crippen LogP contribution in [0.3, 0.4) is 0 Å². The third-order valence-electron chi connectivity index (χ3n) is 3.92. The van der Waals surface area contributed by atoms with Crippen LogP contribution in [0.2, 0.25) is 0 Å². The van der Waals surface area contributed by atoms with E-state index in [0.717, 1.165) is 44.7 Å². The number of hydrogen-bond acceptors (Lipinski definition) is 5. The van der Waals surface area contributed by atoms with Crippen LogP contribution in [0.5, 0.6) is 6.01 Å². The van der Waals surface area contributed by atoms with E-state index in [1.165, 1.54) is 0 Å². The van der Waals surface area contributed by atoms with Crippen molar-refractivity contribution in [2.75, 3.05) is 19.6 Å². The Morgan fingerprint density at radius 2 is 1.90 bits per heavy atom. The minimum absolute atomic E-state index is 0.233. The van der Waals surface area contributed by atoms with Gasteiger partial charge >= 0.3 is 6.01 Å². The van der Waals surface area contributed by atoms with Crippen molar-refractivity contribution in [3.8, 4) is 6.01 Å². The van der Waals surface area contributed by atoms with Crippen molar-refractivity contribution in [2.45, 2.75) is 25.4 Å². The highest BCUT2D eigenvalue weighted by Crippen LogP contribution is 2.15. The van der Waals surface area contributed by atoms with Gasteiger partial charge in [0.05, 0.1) is 0 Å². The molecule has 0 aromatic carbocycles. The highest BCUT2D eigenvalue weighted by molar-refractivity contribution is 4.95. The number of ether oxygens (including phenoxy) is 1. The Bertz CT molecular complexity index is 548. The van der Waals surface area contributed by atoms with E-state index in [4.69, 9.17) is 4.74 Å². The number of aryl methyl sites for hydroxylation is 1. The van der Waals surface area contributed by atoms with Gasteiger partial charge in [-0.25, -0.2) is 15.0 Å². The number of imidazole rings is 1. The summed E-state index contributed by atoms with van der Waals surface area (Å²) in [6.45, 7) is 3.17. The fraction of sp³-hybridized carbons (Fsp3) is 0.533. The summed E-state index contributed by atoms with van der Waals surface area (Å²) in [6, 6.07) is 2.29. The van der Waals surface area contributed by atoms with Gasteiger partial charge in [0.25, 0.3) is 0 Å². The molecular weight excluding hydrogens is 266 g/mol. The summed E-state index contributed by atoms with van der Waals surface area (Å²) in [5.74, 6) is 1.14. The molecule has 0 amide bonds. The molecular formula is C15H21N5O. The zero-order chi connectivity index (χ0) is 14.5. The van der Waals surface area contributed by atoms with Crippen LogP contribution < -0.4 is 4.74 Å². The first kappa shape index (κ1) is 14.0. The second-order valence-corrected chi connectivity index (χ2v) is 5.39. The molecule has 0 radical (unpaired) electrons. The lowest BCUT2D eigenvalue weighted by molar-refractivity contribution is 0.0930. The minimum Gasteiger partial charge on any atom is -0.460 e.